The predicted octanol–water partition coefficient (Wildman–Crippen LogP) is 1.01. The van der Waals surface area contributed by atoms with Crippen LogP contribution in [-0.4, -0.2) is 18.4 Å². The number of aromatic nitrogens is 2. The first-order valence-corrected chi connectivity index (χ1v) is 6.98. The lowest BCUT2D eigenvalue weighted by Gasteiger charge is -2.03. The molecule has 0 saturated carbocycles. The van der Waals surface area contributed by atoms with Gasteiger partial charge in [-0.3, -0.25) is 0 Å². The van der Waals surface area contributed by atoms with E-state index in [9.17, 15) is 8.42 Å². The molecule has 6 nitrogen and oxygen atoms in total. The summed E-state index contributed by atoms with van der Waals surface area (Å²) >= 11 is 0. The largest absolute Gasteiger partial charge is 0.399 e. The summed E-state index contributed by atoms with van der Waals surface area (Å²) in [4.78, 5) is 8.75. The molecule has 1 heterocycles. The van der Waals surface area contributed by atoms with Crippen molar-refractivity contribution in [2.75, 3.05) is 5.73 Å². The second-order valence-electron chi connectivity index (χ2n) is 4.17. The highest BCUT2D eigenvalue weighted by Gasteiger charge is 2.10. The van der Waals surface area contributed by atoms with Crippen LogP contribution in [0.15, 0.2) is 41.3 Å². The Bertz CT molecular complexity index is 906. The van der Waals surface area contributed by atoms with E-state index in [0.717, 1.165) is 0 Å². The molecule has 0 atom stereocenters. The van der Waals surface area contributed by atoms with Gasteiger partial charge in [0, 0.05) is 5.69 Å². The third-order valence-corrected chi connectivity index (χ3v) is 3.67. The summed E-state index contributed by atoms with van der Waals surface area (Å²) in [5.41, 5.74) is 8.63. The number of benzene rings is 2. The minimum Gasteiger partial charge on any atom is -0.399 e. The molecule has 0 fully saturated rings. The van der Waals surface area contributed by atoms with Crippen molar-refractivity contribution in [3.63, 3.8) is 0 Å². The third kappa shape index (κ3) is 2.09. The molecule has 0 bridgehead atoms. The lowest BCUT2D eigenvalue weighted by molar-refractivity contribution is 0.598. The van der Waals surface area contributed by atoms with Crippen LogP contribution >= 0.6 is 0 Å². The van der Waals surface area contributed by atoms with Gasteiger partial charge in [0.25, 0.3) is 0 Å². The van der Waals surface area contributed by atoms with E-state index < -0.39 is 10.0 Å². The molecule has 4 N–H and O–H groups in total. The number of fused-ring (bicyclic) bond motifs is 2. The second-order valence-corrected chi connectivity index (χ2v) is 5.73. The fraction of sp³-hybridized carbons (Fsp3) is 0. The number of primary sulfonamides is 1. The minimum absolute atomic E-state index is 0.0116. The number of nitrogen functional groups attached to an aromatic ring is 1. The molecule has 0 aliphatic carbocycles. The van der Waals surface area contributed by atoms with Crippen molar-refractivity contribution in [2.45, 2.75) is 4.90 Å². The van der Waals surface area contributed by atoms with Crippen molar-refractivity contribution in [2.24, 2.45) is 5.14 Å². The fourth-order valence-electron chi connectivity index (χ4n) is 1.85. The van der Waals surface area contributed by atoms with Gasteiger partial charge in [-0.1, -0.05) is 0 Å². The van der Waals surface area contributed by atoms with E-state index in [2.05, 4.69) is 9.97 Å². The summed E-state index contributed by atoms with van der Waals surface area (Å²) < 4.78 is 22.6. The molecule has 0 aliphatic heterocycles. The van der Waals surface area contributed by atoms with Crippen molar-refractivity contribution >= 4 is 37.8 Å². The summed E-state index contributed by atoms with van der Waals surface area (Å²) in [5, 5.41) is 5.09. The molecule has 2 aromatic carbocycles. The normalized spacial score (nSPS) is 12.1. The van der Waals surface area contributed by atoms with E-state index in [1.807, 2.05) is 0 Å². The molecule has 3 rings (SSSR count). The van der Waals surface area contributed by atoms with E-state index >= 15 is 0 Å². The molecule has 96 valence electrons. The summed E-state index contributed by atoms with van der Waals surface area (Å²) in [6.45, 7) is 0. The van der Waals surface area contributed by atoms with E-state index in [1.54, 1.807) is 24.3 Å². The van der Waals surface area contributed by atoms with Gasteiger partial charge in [-0.15, -0.1) is 0 Å². The number of hydrogen-bond acceptors (Lipinski definition) is 5. The number of rotatable bonds is 1. The van der Waals surface area contributed by atoms with Gasteiger partial charge >= 0.3 is 0 Å². The minimum atomic E-state index is -3.75. The van der Waals surface area contributed by atoms with Crippen molar-refractivity contribution in [1.82, 2.24) is 9.97 Å². The Hall–Kier alpha value is -2.25. The van der Waals surface area contributed by atoms with Gasteiger partial charge in [0.1, 0.15) is 0 Å². The highest BCUT2D eigenvalue weighted by Crippen LogP contribution is 2.20. The predicted molar refractivity (Wildman–Crippen MR) is 72.8 cm³/mol. The molecule has 0 amide bonds. The van der Waals surface area contributed by atoms with Crippen molar-refractivity contribution in [3.05, 3.63) is 36.4 Å². The molecule has 1 aromatic heterocycles. The average molecular weight is 274 g/mol. The highest BCUT2D eigenvalue weighted by atomic mass is 32.2. The zero-order chi connectivity index (χ0) is 13.6. The molecule has 3 aromatic rings. The Kier molecular flexibility index (Phi) is 2.41. The maximum absolute atomic E-state index is 11.3. The third-order valence-electron chi connectivity index (χ3n) is 2.76. The fourth-order valence-corrected chi connectivity index (χ4v) is 2.38. The Morgan fingerprint density at radius 2 is 1.42 bits per heavy atom. The number of nitrogens with zero attached hydrogens (tertiary/aromatic N) is 2. The van der Waals surface area contributed by atoms with Crippen LogP contribution in [-0.2, 0) is 10.0 Å². The smallest absolute Gasteiger partial charge is 0.238 e. The van der Waals surface area contributed by atoms with E-state index in [4.69, 9.17) is 10.9 Å². The second kappa shape index (κ2) is 3.87. The van der Waals surface area contributed by atoms with Crippen LogP contribution in [0, 0.1) is 0 Å². The first-order valence-electron chi connectivity index (χ1n) is 5.43. The van der Waals surface area contributed by atoms with Crippen LogP contribution in [0.3, 0.4) is 0 Å². The lowest BCUT2D eigenvalue weighted by Crippen LogP contribution is -2.12. The monoisotopic (exact) mass is 274 g/mol. The summed E-state index contributed by atoms with van der Waals surface area (Å²) in [6.07, 6.45) is 0. The maximum atomic E-state index is 11.3. The van der Waals surface area contributed by atoms with E-state index in [-0.39, 0.29) is 4.90 Å². The van der Waals surface area contributed by atoms with Crippen LogP contribution < -0.4 is 10.9 Å². The van der Waals surface area contributed by atoms with Crippen molar-refractivity contribution < 1.29 is 8.42 Å². The molecular weight excluding hydrogens is 264 g/mol. The Morgan fingerprint density at radius 3 is 2.11 bits per heavy atom. The number of hydrogen-bond donors (Lipinski definition) is 2. The van der Waals surface area contributed by atoms with Crippen LogP contribution in [0.4, 0.5) is 5.69 Å². The Labute approximate surface area is 109 Å². The molecule has 19 heavy (non-hydrogen) atoms. The average Bonchev–Trinajstić information content (AvgIpc) is 2.34. The van der Waals surface area contributed by atoms with Crippen molar-refractivity contribution in [1.29, 1.82) is 0 Å². The zero-order valence-electron chi connectivity index (χ0n) is 9.74. The number of anilines is 1. The van der Waals surface area contributed by atoms with E-state index in [0.29, 0.717) is 27.8 Å². The van der Waals surface area contributed by atoms with Crippen molar-refractivity contribution in [3.8, 4) is 0 Å². The molecule has 0 unspecified atom stereocenters. The summed E-state index contributed by atoms with van der Waals surface area (Å²) in [6, 6.07) is 9.59. The van der Waals surface area contributed by atoms with E-state index in [1.165, 1.54) is 12.1 Å². The van der Waals surface area contributed by atoms with Gasteiger partial charge in [-0.25, -0.2) is 23.5 Å². The number of sulfonamides is 1. The molecule has 0 aliphatic rings. The zero-order valence-corrected chi connectivity index (χ0v) is 10.6. The topological polar surface area (TPSA) is 112 Å². The first-order chi connectivity index (χ1) is 8.93. The SMILES string of the molecule is Nc1ccc2nc3ccc(S(N)(=O)=O)cc3nc2c1. The van der Waals surface area contributed by atoms with Gasteiger partial charge in [-0.05, 0) is 36.4 Å². The summed E-state index contributed by atoms with van der Waals surface area (Å²) in [5.74, 6) is 0. The molecular formula is C12H10N4O2S. The van der Waals surface area contributed by atoms with Gasteiger partial charge in [-0.2, -0.15) is 0 Å². The highest BCUT2D eigenvalue weighted by molar-refractivity contribution is 7.89. The van der Waals surface area contributed by atoms with Gasteiger partial charge in [0.05, 0.1) is 27.0 Å². The van der Waals surface area contributed by atoms with Crippen LogP contribution in [0.2, 0.25) is 0 Å². The van der Waals surface area contributed by atoms with Gasteiger partial charge < -0.3 is 5.73 Å². The van der Waals surface area contributed by atoms with Gasteiger partial charge in [0.15, 0.2) is 0 Å². The molecule has 0 saturated heterocycles. The van der Waals surface area contributed by atoms with Crippen LogP contribution in [0.25, 0.3) is 22.1 Å². The van der Waals surface area contributed by atoms with Crippen LogP contribution in [0.5, 0.6) is 0 Å². The quantitative estimate of drug-likeness (QED) is 0.508. The van der Waals surface area contributed by atoms with Crippen LogP contribution in [0.1, 0.15) is 0 Å². The maximum Gasteiger partial charge on any atom is 0.238 e. The number of nitrogens with two attached hydrogens (primary N) is 2. The molecule has 7 heteroatoms. The Morgan fingerprint density at radius 1 is 0.842 bits per heavy atom. The standard InChI is InChI=1S/C12H10N4O2S/c13-7-1-3-9-11(5-7)16-12-6-8(19(14,17)18)2-4-10(12)15-9/h1-6H,13H2,(H2,14,17,18). The van der Waals surface area contributed by atoms with Gasteiger partial charge in [0.2, 0.25) is 10.0 Å². The first kappa shape index (κ1) is 11.8. The molecule has 0 radical (unpaired) electrons. The Balaban J connectivity index is 2.36. The lowest BCUT2D eigenvalue weighted by atomic mass is 10.2. The summed E-state index contributed by atoms with van der Waals surface area (Å²) in [7, 11) is -3.75. The molecule has 0 spiro atoms.